The first-order chi connectivity index (χ1) is 20.2. The summed E-state index contributed by atoms with van der Waals surface area (Å²) in [5, 5.41) is 15.6. The number of benzene rings is 2. The van der Waals surface area contributed by atoms with E-state index in [0.29, 0.717) is 12.4 Å². The number of fused-ring (bicyclic) bond motifs is 2. The number of imidazole rings is 1. The summed E-state index contributed by atoms with van der Waals surface area (Å²) in [5.74, 6) is 2.34. The average Bonchev–Trinajstić information content (AvgIpc) is 3.76. The highest BCUT2D eigenvalue weighted by atomic mass is 16.3. The highest BCUT2D eigenvalue weighted by Gasteiger charge is 2.18. The first-order valence-corrected chi connectivity index (χ1v) is 13.8. The molecule has 0 fully saturated rings. The topological polar surface area (TPSA) is 111 Å². The molecule has 0 saturated heterocycles. The van der Waals surface area contributed by atoms with Gasteiger partial charge in [-0.05, 0) is 60.5 Å². The van der Waals surface area contributed by atoms with Crippen molar-refractivity contribution in [3.8, 4) is 34.0 Å². The van der Waals surface area contributed by atoms with Gasteiger partial charge in [-0.2, -0.15) is 5.21 Å². The predicted octanol–water partition coefficient (Wildman–Crippen LogP) is 6.79. The second-order valence-corrected chi connectivity index (χ2v) is 10.2. The lowest BCUT2D eigenvalue weighted by molar-refractivity contribution is 0.631. The van der Waals surface area contributed by atoms with Gasteiger partial charge >= 0.3 is 0 Å². The number of tetrazole rings is 1. The Morgan fingerprint density at radius 1 is 0.902 bits per heavy atom. The smallest absolute Gasteiger partial charge is 0.205 e. The number of H-pyrrole nitrogens is 1. The van der Waals surface area contributed by atoms with Gasteiger partial charge in [0.05, 0.1) is 12.2 Å². The van der Waals surface area contributed by atoms with Crippen molar-refractivity contribution < 1.29 is 4.42 Å². The van der Waals surface area contributed by atoms with Gasteiger partial charge in [0, 0.05) is 40.4 Å². The summed E-state index contributed by atoms with van der Waals surface area (Å²) in [6.07, 6.45) is 4.88. The van der Waals surface area contributed by atoms with Crippen LogP contribution in [0, 0.1) is 6.92 Å². The summed E-state index contributed by atoms with van der Waals surface area (Å²) >= 11 is 0. The number of furan rings is 1. The number of hydrogen-bond donors (Lipinski definition) is 1. The number of nitrogens with one attached hydrogen (secondary N) is 1. The number of rotatable bonds is 8. The lowest BCUT2D eigenvalue weighted by Gasteiger charge is -2.10. The lowest BCUT2D eigenvalue weighted by Crippen LogP contribution is -2.06. The molecule has 0 aliphatic rings. The minimum absolute atomic E-state index is 0.530. The van der Waals surface area contributed by atoms with Crippen molar-refractivity contribution in [2.45, 2.75) is 39.7 Å². The van der Waals surface area contributed by atoms with Crippen molar-refractivity contribution >= 4 is 22.1 Å². The van der Waals surface area contributed by atoms with Crippen LogP contribution in [0.2, 0.25) is 0 Å². The Morgan fingerprint density at radius 3 is 2.59 bits per heavy atom. The van der Waals surface area contributed by atoms with Crippen LogP contribution >= 0.6 is 0 Å². The monoisotopic (exact) mass is 540 g/mol. The van der Waals surface area contributed by atoms with Crippen LogP contribution in [-0.2, 0) is 13.0 Å². The Bertz CT molecular complexity index is 1970. The maximum absolute atomic E-state index is 6.28. The van der Waals surface area contributed by atoms with Crippen molar-refractivity contribution in [2.24, 2.45) is 0 Å². The molecule has 9 heteroatoms. The van der Waals surface area contributed by atoms with Crippen LogP contribution in [0.4, 0.5) is 0 Å². The summed E-state index contributed by atoms with van der Waals surface area (Å²) in [6, 6.07) is 24.4. The van der Waals surface area contributed by atoms with Crippen LogP contribution in [0.5, 0.6) is 0 Å². The van der Waals surface area contributed by atoms with E-state index in [1.807, 2.05) is 61.7 Å². The molecule has 0 unspecified atom stereocenters. The van der Waals surface area contributed by atoms with Crippen molar-refractivity contribution in [3.63, 3.8) is 0 Å². The van der Waals surface area contributed by atoms with Crippen LogP contribution in [0.25, 0.3) is 56.1 Å². The van der Waals surface area contributed by atoms with Crippen molar-refractivity contribution in [1.29, 1.82) is 0 Å². The largest absolute Gasteiger partial charge is 0.456 e. The molecule has 0 aliphatic heterocycles. The second kappa shape index (κ2) is 10.4. The first kappa shape index (κ1) is 24.8. The van der Waals surface area contributed by atoms with Crippen molar-refractivity contribution in [3.05, 3.63) is 96.1 Å². The number of nitrogens with zero attached hydrogens (tertiary/aromatic N) is 7. The normalized spacial score (nSPS) is 11.6. The Labute approximate surface area is 236 Å². The van der Waals surface area contributed by atoms with E-state index < -0.39 is 0 Å². The number of aromatic nitrogens is 8. The molecule has 0 radical (unpaired) electrons. The summed E-state index contributed by atoms with van der Waals surface area (Å²) in [6.45, 7) is 4.91. The van der Waals surface area contributed by atoms with E-state index in [1.165, 1.54) is 0 Å². The fourth-order valence-corrected chi connectivity index (χ4v) is 5.33. The molecular weight excluding hydrogens is 512 g/mol. The first-order valence-electron chi connectivity index (χ1n) is 13.8. The van der Waals surface area contributed by atoms with Crippen molar-refractivity contribution in [1.82, 2.24) is 40.1 Å². The van der Waals surface area contributed by atoms with E-state index in [9.17, 15) is 0 Å². The Balaban J connectivity index is 1.27. The Morgan fingerprint density at radius 2 is 1.78 bits per heavy atom. The van der Waals surface area contributed by atoms with Gasteiger partial charge in [0.1, 0.15) is 22.7 Å². The van der Waals surface area contributed by atoms with Crippen LogP contribution in [0.3, 0.4) is 0 Å². The maximum Gasteiger partial charge on any atom is 0.205 e. The minimum Gasteiger partial charge on any atom is -0.456 e. The number of pyridine rings is 2. The fourth-order valence-electron chi connectivity index (χ4n) is 5.33. The van der Waals surface area contributed by atoms with Gasteiger partial charge in [-0.3, -0.25) is 4.98 Å². The summed E-state index contributed by atoms with van der Waals surface area (Å²) in [4.78, 5) is 14.6. The number of aromatic amines is 1. The zero-order chi connectivity index (χ0) is 27.8. The van der Waals surface area contributed by atoms with E-state index >= 15 is 0 Å². The molecule has 5 heterocycles. The van der Waals surface area contributed by atoms with E-state index in [-0.39, 0.29) is 0 Å². The third-order valence-corrected chi connectivity index (χ3v) is 7.39. The molecule has 9 nitrogen and oxygen atoms in total. The molecule has 2 aromatic carbocycles. The third kappa shape index (κ3) is 4.65. The van der Waals surface area contributed by atoms with Gasteiger partial charge in [0.15, 0.2) is 5.65 Å². The fraction of sp³-hybridized carbons (Fsp3) is 0.188. The number of hydrogen-bond acceptors (Lipinski definition) is 7. The molecular formula is C32H28N8O. The van der Waals surface area contributed by atoms with Gasteiger partial charge in [-0.15, -0.1) is 10.2 Å². The number of aryl methyl sites for hydroxylation is 2. The van der Waals surface area contributed by atoms with Gasteiger partial charge in [0.2, 0.25) is 5.82 Å². The zero-order valence-corrected chi connectivity index (χ0v) is 22.9. The van der Waals surface area contributed by atoms with Gasteiger partial charge in [0.25, 0.3) is 0 Å². The molecule has 7 rings (SSSR count). The van der Waals surface area contributed by atoms with Gasteiger partial charge in [-0.25, -0.2) is 9.97 Å². The van der Waals surface area contributed by atoms with Crippen LogP contribution in [0.1, 0.15) is 36.8 Å². The third-order valence-electron chi connectivity index (χ3n) is 7.39. The average molecular weight is 541 g/mol. The predicted molar refractivity (Wildman–Crippen MR) is 158 cm³/mol. The minimum atomic E-state index is 0.530. The molecule has 0 spiro atoms. The van der Waals surface area contributed by atoms with Crippen molar-refractivity contribution in [2.75, 3.05) is 0 Å². The SMILES string of the molecule is CCCCc1nc2cc(-c3ccccn3)c(C)nc2n1Cc1ccc2oc(-c3ccccc3-c3nn[nH]n3)cc2c1. The molecule has 0 saturated carbocycles. The molecule has 0 aliphatic carbocycles. The standard InChI is InChI=1S/C32H28N8O/c1-3-4-12-30-35-27-18-25(26-11-7-8-15-33-26)20(2)34-32(27)40(30)19-21-13-14-28-22(16-21)17-29(41-28)23-9-5-6-10-24(23)31-36-38-39-37-31/h5-11,13-18H,3-4,12,19H2,1-2H3,(H,36,37,38,39). The number of unbranched alkanes of at least 4 members (excludes halogenated alkanes) is 1. The van der Waals surface area contributed by atoms with E-state index in [1.54, 1.807) is 0 Å². The van der Waals surface area contributed by atoms with Crippen LogP contribution in [0.15, 0.2) is 83.4 Å². The summed E-state index contributed by atoms with van der Waals surface area (Å²) in [7, 11) is 0. The van der Waals surface area contributed by atoms with Crippen LogP contribution < -0.4 is 0 Å². The molecule has 41 heavy (non-hydrogen) atoms. The summed E-state index contributed by atoms with van der Waals surface area (Å²) < 4.78 is 8.54. The lowest BCUT2D eigenvalue weighted by atomic mass is 10.0. The van der Waals surface area contributed by atoms with E-state index in [2.05, 4.69) is 61.4 Å². The quantitative estimate of drug-likeness (QED) is 0.226. The second-order valence-electron chi connectivity index (χ2n) is 10.2. The Hall–Kier alpha value is -5.18. The Kier molecular flexibility index (Phi) is 6.31. The molecule has 7 aromatic rings. The molecule has 1 N–H and O–H groups in total. The highest BCUT2D eigenvalue weighted by molar-refractivity contribution is 5.87. The highest BCUT2D eigenvalue weighted by Crippen LogP contribution is 2.34. The molecule has 202 valence electrons. The molecule has 0 bridgehead atoms. The van der Waals surface area contributed by atoms with Gasteiger partial charge in [-0.1, -0.05) is 49.7 Å². The van der Waals surface area contributed by atoms with Gasteiger partial charge < -0.3 is 8.98 Å². The van der Waals surface area contributed by atoms with E-state index in [4.69, 9.17) is 14.4 Å². The zero-order valence-electron chi connectivity index (χ0n) is 22.9. The van der Waals surface area contributed by atoms with E-state index in [0.717, 1.165) is 86.6 Å². The maximum atomic E-state index is 6.28. The molecule has 0 atom stereocenters. The van der Waals surface area contributed by atoms with Crippen LogP contribution in [-0.4, -0.2) is 40.1 Å². The molecule has 0 amide bonds. The molecule has 5 aromatic heterocycles. The summed E-state index contributed by atoms with van der Waals surface area (Å²) in [5.41, 5.74) is 8.40.